The molecule has 0 saturated carbocycles. The number of aliphatic hydroxyl groups is 2. The highest BCUT2D eigenvalue weighted by molar-refractivity contribution is 5.74. The molecular weight excluding hydrogens is 1070 g/mol. The summed E-state index contributed by atoms with van der Waals surface area (Å²) in [4.78, 5) is 51.5. The lowest BCUT2D eigenvalue weighted by Crippen LogP contribution is -2.61. The first-order chi connectivity index (χ1) is 41.6. The predicted octanol–water partition coefficient (Wildman–Crippen LogP) is 19.2. The molecule has 0 aromatic rings. The van der Waals surface area contributed by atoms with Crippen molar-refractivity contribution in [2.45, 2.75) is 353 Å². The first-order valence-electron chi connectivity index (χ1n) is 34.9. The van der Waals surface area contributed by atoms with Crippen LogP contribution in [0.3, 0.4) is 0 Å². The minimum Gasteiger partial charge on any atom is -0.479 e. The molecule has 12 heteroatoms. The summed E-state index contributed by atoms with van der Waals surface area (Å²) in [7, 11) is 0. The van der Waals surface area contributed by atoms with E-state index < -0.39 is 67.3 Å². The lowest BCUT2D eigenvalue weighted by molar-refractivity contribution is -0.301. The average molecular weight is 1200 g/mol. The number of carbonyl (C=O) groups excluding carboxylic acids is 3. The Morgan fingerprint density at radius 3 is 1.15 bits per heavy atom. The zero-order valence-electron chi connectivity index (χ0n) is 54.3. The molecule has 1 aliphatic rings. The van der Waals surface area contributed by atoms with E-state index in [4.69, 9.17) is 23.7 Å². The van der Waals surface area contributed by atoms with Crippen LogP contribution in [0.15, 0.2) is 72.9 Å². The molecule has 1 fully saturated rings. The molecule has 1 saturated heterocycles. The molecule has 3 N–H and O–H groups in total. The summed E-state index contributed by atoms with van der Waals surface area (Å²) >= 11 is 0. The Labute approximate surface area is 518 Å². The number of hydrogen-bond acceptors (Lipinski definition) is 11. The number of allylic oxidation sites excluding steroid dienone is 12. The van der Waals surface area contributed by atoms with Crippen LogP contribution in [0.2, 0.25) is 0 Å². The Hall–Kier alpha value is -3.84. The van der Waals surface area contributed by atoms with Crippen molar-refractivity contribution < 1.29 is 58.2 Å². The van der Waals surface area contributed by atoms with E-state index in [1.165, 1.54) is 148 Å². The minimum absolute atomic E-state index is 0.0596. The number of rotatable bonds is 60. The second-order valence-corrected chi connectivity index (χ2v) is 23.8. The fourth-order valence-electron chi connectivity index (χ4n) is 10.5. The summed E-state index contributed by atoms with van der Waals surface area (Å²) in [6.45, 7) is 5.89. The average Bonchev–Trinajstić information content (AvgIpc) is 3.53. The number of carboxylic acids is 1. The Morgan fingerprint density at radius 1 is 0.400 bits per heavy atom. The van der Waals surface area contributed by atoms with E-state index in [9.17, 15) is 34.5 Å². The van der Waals surface area contributed by atoms with Crippen molar-refractivity contribution in [1.82, 2.24) is 0 Å². The molecule has 0 radical (unpaired) electrons. The van der Waals surface area contributed by atoms with Gasteiger partial charge in [0, 0.05) is 19.3 Å². The Morgan fingerprint density at radius 2 is 0.741 bits per heavy atom. The molecule has 0 amide bonds. The molecule has 0 aromatic heterocycles. The van der Waals surface area contributed by atoms with Crippen LogP contribution >= 0.6 is 0 Å². The highest BCUT2D eigenvalue weighted by Gasteiger charge is 2.50. The van der Waals surface area contributed by atoms with Gasteiger partial charge in [-0.15, -0.1) is 0 Å². The molecule has 0 spiro atoms. The van der Waals surface area contributed by atoms with Gasteiger partial charge in [0.1, 0.15) is 18.8 Å². The second-order valence-electron chi connectivity index (χ2n) is 23.8. The molecule has 0 aliphatic carbocycles. The Kier molecular flexibility index (Phi) is 56.3. The van der Waals surface area contributed by atoms with E-state index >= 15 is 0 Å². The maximum atomic E-state index is 13.2. The van der Waals surface area contributed by atoms with Gasteiger partial charge in [0.15, 0.2) is 24.6 Å². The van der Waals surface area contributed by atoms with Crippen LogP contribution in [0.5, 0.6) is 0 Å². The summed E-state index contributed by atoms with van der Waals surface area (Å²) in [5.41, 5.74) is 0. The molecule has 1 aliphatic heterocycles. The lowest BCUT2D eigenvalue weighted by atomic mass is 9.98. The fourth-order valence-corrected chi connectivity index (χ4v) is 10.5. The summed E-state index contributed by atoms with van der Waals surface area (Å²) in [5.74, 6) is -3.13. The van der Waals surface area contributed by atoms with Crippen LogP contribution in [0.4, 0.5) is 0 Å². The summed E-state index contributed by atoms with van der Waals surface area (Å²) < 4.78 is 28.6. The smallest absolute Gasteiger partial charge is 0.335 e. The van der Waals surface area contributed by atoms with Crippen LogP contribution in [0.1, 0.15) is 316 Å². The van der Waals surface area contributed by atoms with E-state index in [2.05, 4.69) is 93.7 Å². The molecule has 6 atom stereocenters. The number of unbranched alkanes of at least 4 members (excludes halogenated alkanes) is 34. The fraction of sp³-hybridized carbons (Fsp3) is 0.781. The highest BCUT2D eigenvalue weighted by Crippen LogP contribution is 2.27. The first kappa shape index (κ1) is 79.2. The van der Waals surface area contributed by atoms with Gasteiger partial charge in [0.25, 0.3) is 0 Å². The SMILES string of the molecule is CC/C=C\C/C=C\C/C=C\C/C=C\CCCCCCC(=O)OC(COC(=O)CCCCCCCCCCC/C=C\C/C=C\CCCCC)COC1OC(C(=O)O)C(O)C(O)C1OC(=O)CCCCCCCCCCCCCCCCCCCCC. The number of hydrogen-bond donors (Lipinski definition) is 3. The monoisotopic (exact) mass is 1190 g/mol. The molecule has 6 unspecified atom stereocenters. The summed E-state index contributed by atoms with van der Waals surface area (Å²) in [6.07, 6.45) is 65.7. The first-order valence-corrected chi connectivity index (χ1v) is 34.9. The molecular formula is C73H126O12. The topological polar surface area (TPSA) is 175 Å². The van der Waals surface area contributed by atoms with Crippen LogP contribution in [-0.2, 0) is 42.9 Å². The van der Waals surface area contributed by atoms with E-state index in [1.54, 1.807) is 0 Å². The number of aliphatic hydroxyl groups excluding tert-OH is 2. The highest BCUT2D eigenvalue weighted by atomic mass is 16.7. The van der Waals surface area contributed by atoms with Gasteiger partial charge < -0.3 is 39.0 Å². The summed E-state index contributed by atoms with van der Waals surface area (Å²) in [5, 5.41) is 31.7. The van der Waals surface area contributed by atoms with Gasteiger partial charge in [0.2, 0.25) is 0 Å². The van der Waals surface area contributed by atoms with Gasteiger partial charge in [-0.2, -0.15) is 0 Å². The van der Waals surface area contributed by atoms with Crippen molar-refractivity contribution >= 4 is 23.9 Å². The predicted molar refractivity (Wildman–Crippen MR) is 349 cm³/mol. The number of carboxylic acid groups (broad SMARTS) is 1. The molecule has 490 valence electrons. The van der Waals surface area contributed by atoms with Crippen molar-refractivity contribution in [3.8, 4) is 0 Å². The third-order valence-electron chi connectivity index (χ3n) is 15.8. The van der Waals surface area contributed by atoms with Crippen LogP contribution in [-0.4, -0.2) is 89.2 Å². The quantitative estimate of drug-likeness (QED) is 0.0228. The third-order valence-corrected chi connectivity index (χ3v) is 15.8. The van der Waals surface area contributed by atoms with Gasteiger partial charge in [-0.25, -0.2) is 4.79 Å². The number of esters is 3. The van der Waals surface area contributed by atoms with Crippen molar-refractivity contribution in [1.29, 1.82) is 0 Å². The zero-order chi connectivity index (χ0) is 61.7. The van der Waals surface area contributed by atoms with E-state index in [0.717, 1.165) is 109 Å². The van der Waals surface area contributed by atoms with Gasteiger partial charge in [-0.05, 0) is 89.9 Å². The maximum Gasteiger partial charge on any atom is 0.335 e. The maximum absolute atomic E-state index is 13.2. The van der Waals surface area contributed by atoms with Crippen molar-refractivity contribution in [3.05, 3.63) is 72.9 Å². The van der Waals surface area contributed by atoms with Gasteiger partial charge in [-0.3, -0.25) is 14.4 Å². The molecule has 12 nitrogen and oxygen atoms in total. The van der Waals surface area contributed by atoms with Crippen molar-refractivity contribution in [2.75, 3.05) is 13.2 Å². The van der Waals surface area contributed by atoms with Crippen LogP contribution in [0, 0.1) is 0 Å². The van der Waals surface area contributed by atoms with Crippen molar-refractivity contribution in [2.24, 2.45) is 0 Å². The number of carbonyl (C=O) groups is 4. The van der Waals surface area contributed by atoms with E-state index in [-0.39, 0.29) is 25.9 Å². The van der Waals surface area contributed by atoms with Gasteiger partial charge >= 0.3 is 23.9 Å². The zero-order valence-corrected chi connectivity index (χ0v) is 54.3. The lowest BCUT2D eigenvalue weighted by Gasteiger charge is -2.40. The van der Waals surface area contributed by atoms with E-state index in [1.807, 2.05) is 0 Å². The van der Waals surface area contributed by atoms with Crippen LogP contribution in [0.25, 0.3) is 0 Å². The second kappa shape index (κ2) is 60.4. The molecule has 1 rings (SSSR count). The third kappa shape index (κ3) is 49.8. The molecule has 85 heavy (non-hydrogen) atoms. The van der Waals surface area contributed by atoms with Gasteiger partial charge in [-0.1, -0.05) is 280 Å². The molecule has 0 aromatic carbocycles. The molecule has 0 bridgehead atoms. The molecule has 1 heterocycles. The van der Waals surface area contributed by atoms with Crippen molar-refractivity contribution in [3.63, 3.8) is 0 Å². The van der Waals surface area contributed by atoms with Gasteiger partial charge in [0.05, 0.1) is 6.61 Å². The normalized spacial score (nSPS) is 17.9. The summed E-state index contributed by atoms with van der Waals surface area (Å²) in [6, 6.07) is 0. The standard InChI is InChI=1S/C73H126O12/c1-4-7-10-13-16-19-22-25-28-31-33-36-38-41-44-47-50-53-56-59-65(74)81-62-64(83-66(75)60-57-54-51-48-45-42-39-35-30-27-24-21-18-15-12-9-6-3)63-82-73-71(69(78)68(77)70(85-73)72(79)80)84-67(76)61-58-55-52-49-46-43-40-37-34-32-29-26-23-20-17-14-11-8-5-2/h9,12,16,18-19,21,25,27-28,30,39,42,64,68-71,73,77-78H,4-8,10-11,13-15,17,20,22-24,26,29,31-38,40-41,43-63H2,1-3H3,(H,79,80)/b12-9-,19-16-,21-18-,28-25-,30-27-,42-39-. The number of ether oxygens (including phenoxy) is 5. The minimum atomic E-state index is -1.91. The number of aliphatic carboxylic acids is 1. The van der Waals surface area contributed by atoms with Crippen LogP contribution < -0.4 is 0 Å². The van der Waals surface area contributed by atoms with E-state index in [0.29, 0.717) is 19.3 Å². The Bertz CT molecular complexity index is 1750. The largest absolute Gasteiger partial charge is 0.479 e. The Balaban J connectivity index is 2.64.